The number of halogens is 1. The molecule has 4 heteroatoms. The Kier molecular flexibility index (Phi) is 4.15. The minimum absolute atomic E-state index is 0.451. The number of likely N-dealkylation sites (tertiary alicyclic amines) is 1. The van der Waals surface area contributed by atoms with Crippen molar-refractivity contribution in [2.45, 2.75) is 12.5 Å². The maximum absolute atomic E-state index is 6.34. The van der Waals surface area contributed by atoms with E-state index in [1.54, 1.807) is 0 Å². The second-order valence-corrected chi connectivity index (χ2v) is 5.81. The van der Waals surface area contributed by atoms with Gasteiger partial charge in [0.15, 0.2) is 0 Å². The van der Waals surface area contributed by atoms with Crippen molar-refractivity contribution in [1.29, 1.82) is 0 Å². The third kappa shape index (κ3) is 2.63. The van der Waals surface area contributed by atoms with E-state index in [4.69, 9.17) is 17.3 Å². The Morgan fingerprint density at radius 1 is 1.44 bits per heavy atom. The molecule has 1 aliphatic heterocycles. The van der Waals surface area contributed by atoms with E-state index in [0.29, 0.717) is 12.0 Å². The summed E-state index contributed by atoms with van der Waals surface area (Å²) < 4.78 is 0. The molecule has 1 saturated heterocycles. The zero-order valence-electron chi connectivity index (χ0n) is 11.4. The third-order valence-corrected chi connectivity index (χ3v) is 4.11. The van der Waals surface area contributed by atoms with Crippen LogP contribution in [0, 0.1) is 5.92 Å². The fourth-order valence-electron chi connectivity index (χ4n) is 2.76. The highest BCUT2D eigenvalue weighted by molar-refractivity contribution is 6.33. The van der Waals surface area contributed by atoms with Crippen molar-refractivity contribution in [2.24, 2.45) is 11.7 Å². The molecule has 100 valence electrons. The van der Waals surface area contributed by atoms with Gasteiger partial charge in [0, 0.05) is 26.7 Å². The van der Waals surface area contributed by atoms with Crippen LogP contribution in [0.25, 0.3) is 0 Å². The molecule has 1 aromatic carbocycles. The Bertz CT molecular complexity index is 420. The molecule has 0 radical (unpaired) electrons. The standard InChI is InChI=1S/C14H22ClN3/c1-17(2)13-5-4-11(7-12(13)15)14-6-10(8-16)9-18(14)3/h4-5,7,10,14H,6,8-9,16H2,1-3H3. The topological polar surface area (TPSA) is 32.5 Å². The van der Waals surface area contributed by atoms with Crippen molar-refractivity contribution in [3.63, 3.8) is 0 Å². The lowest BCUT2D eigenvalue weighted by Gasteiger charge is -2.22. The zero-order valence-corrected chi connectivity index (χ0v) is 12.1. The zero-order chi connectivity index (χ0) is 13.3. The predicted molar refractivity (Wildman–Crippen MR) is 78.3 cm³/mol. The number of nitrogens with two attached hydrogens (primary N) is 1. The molecular weight excluding hydrogens is 246 g/mol. The summed E-state index contributed by atoms with van der Waals surface area (Å²) in [5, 5.41) is 0.821. The fourth-order valence-corrected chi connectivity index (χ4v) is 3.12. The summed E-state index contributed by atoms with van der Waals surface area (Å²) in [6.07, 6.45) is 1.13. The Hall–Kier alpha value is -0.770. The summed E-state index contributed by atoms with van der Waals surface area (Å²) in [5.74, 6) is 0.604. The van der Waals surface area contributed by atoms with Crippen LogP contribution in [0.15, 0.2) is 18.2 Å². The van der Waals surface area contributed by atoms with Crippen molar-refractivity contribution >= 4 is 17.3 Å². The molecule has 2 rings (SSSR count). The lowest BCUT2D eigenvalue weighted by molar-refractivity contribution is 0.313. The van der Waals surface area contributed by atoms with E-state index in [-0.39, 0.29) is 0 Å². The molecule has 0 spiro atoms. The summed E-state index contributed by atoms with van der Waals surface area (Å²) in [4.78, 5) is 4.41. The molecule has 1 fully saturated rings. The maximum Gasteiger partial charge on any atom is 0.0642 e. The van der Waals surface area contributed by atoms with E-state index in [0.717, 1.165) is 30.2 Å². The summed E-state index contributed by atoms with van der Waals surface area (Å²) >= 11 is 6.34. The maximum atomic E-state index is 6.34. The predicted octanol–water partition coefficient (Wildman–Crippen LogP) is 2.36. The molecule has 2 N–H and O–H groups in total. The number of rotatable bonds is 3. The Labute approximate surface area is 115 Å². The normalized spacial score (nSPS) is 24.5. The van der Waals surface area contributed by atoms with Gasteiger partial charge in [-0.25, -0.2) is 0 Å². The van der Waals surface area contributed by atoms with Gasteiger partial charge in [-0.05, 0) is 43.6 Å². The number of hydrogen-bond donors (Lipinski definition) is 1. The van der Waals surface area contributed by atoms with Crippen molar-refractivity contribution in [2.75, 3.05) is 39.1 Å². The smallest absolute Gasteiger partial charge is 0.0642 e. The van der Waals surface area contributed by atoms with Crippen molar-refractivity contribution < 1.29 is 0 Å². The Morgan fingerprint density at radius 2 is 2.17 bits per heavy atom. The van der Waals surface area contributed by atoms with E-state index in [1.165, 1.54) is 5.56 Å². The van der Waals surface area contributed by atoms with Crippen LogP contribution in [0.1, 0.15) is 18.0 Å². The highest BCUT2D eigenvalue weighted by Gasteiger charge is 2.29. The average Bonchev–Trinajstić information content (AvgIpc) is 2.70. The van der Waals surface area contributed by atoms with E-state index in [9.17, 15) is 0 Å². The van der Waals surface area contributed by atoms with Crippen molar-refractivity contribution in [3.8, 4) is 0 Å². The summed E-state index contributed by atoms with van der Waals surface area (Å²) in [7, 11) is 6.17. The number of hydrogen-bond acceptors (Lipinski definition) is 3. The minimum atomic E-state index is 0.451. The number of anilines is 1. The highest BCUT2D eigenvalue weighted by atomic mass is 35.5. The molecule has 0 aliphatic carbocycles. The van der Waals surface area contributed by atoms with E-state index in [2.05, 4.69) is 30.1 Å². The van der Waals surface area contributed by atoms with Gasteiger partial charge in [-0.2, -0.15) is 0 Å². The van der Waals surface area contributed by atoms with Crippen LogP contribution >= 0.6 is 11.6 Å². The van der Waals surface area contributed by atoms with Crippen LogP contribution in [0.2, 0.25) is 5.02 Å². The van der Waals surface area contributed by atoms with Gasteiger partial charge in [-0.1, -0.05) is 17.7 Å². The largest absolute Gasteiger partial charge is 0.376 e. The lowest BCUT2D eigenvalue weighted by Crippen LogP contribution is -2.20. The van der Waals surface area contributed by atoms with Crippen LogP contribution in [0.5, 0.6) is 0 Å². The second-order valence-electron chi connectivity index (χ2n) is 5.40. The molecule has 1 aliphatic rings. The average molecular weight is 268 g/mol. The Morgan fingerprint density at radius 3 is 2.67 bits per heavy atom. The van der Waals surface area contributed by atoms with Gasteiger partial charge in [-0.3, -0.25) is 4.90 Å². The van der Waals surface area contributed by atoms with Gasteiger partial charge in [-0.15, -0.1) is 0 Å². The molecule has 0 amide bonds. The molecule has 1 aromatic rings. The molecule has 0 saturated carbocycles. The van der Waals surface area contributed by atoms with Crippen molar-refractivity contribution in [1.82, 2.24) is 4.90 Å². The van der Waals surface area contributed by atoms with Crippen LogP contribution < -0.4 is 10.6 Å². The molecule has 18 heavy (non-hydrogen) atoms. The van der Waals surface area contributed by atoms with Crippen LogP contribution in [-0.4, -0.2) is 39.1 Å². The molecule has 1 heterocycles. The molecule has 3 nitrogen and oxygen atoms in total. The summed E-state index contributed by atoms with van der Waals surface area (Å²) in [6.45, 7) is 1.85. The van der Waals surface area contributed by atoms with Gasteiger partial charge < -0.3 is 10.6 Å². The SMILES string of the molecule is CN(C)c1ccc(C2CC(CN)CN2C)cc1Cl. The molecule has 0 aromatic heterocycles. The van der Waals surface area contributed by atoms with Crippen molar-refractivity contribution in [3.05, 3.63) is 28.8 Å². The van der Waals surface area contributed by atoms with Gasteiger partial charge in [0.2, 0.25) is 0 Å². The van der Waals surface area contributed by atoms with E-state index in [1.807, 2.05) is 19.0 Å². The van der Waals surface area contributed by atoms with Crippen LogP contribution in [-0.2, 0) is 0 Å². The first-order valence-corrected chi connectivity index (χ1v) is 6.77. The molecule has 2 atom stereocenters. The van der Waals surface area contributed by atoms with E-state index >= 15 is 0 Å². The Balaban J connectivity index is 2.22. The number of nitrogens with zero attached hydrogens (tertiary/aromatic N) is 2. The number of benzene rings is 1. The molecule has 2 unspecified atom stereocenters. The van der Waals surface area contributed by atoms with E-state index < -0.39 is 0 Å². The molecule has 0 bridgehead atoms. The van der Waals surface area contributed by atoms with Crippen LogP contribution in [0.3, 0.4) is 0 Å². The first kappa shape index (κ1) is 13.7. The lowest BCUT2D eigenvalue weighted by atomic mass is 9.99. The summed E-state index contributed by atoms with van der Waals surface area (Å²) in [5.41, 5.74) is 8.13. The quantitative estimate of drug-likeness (QED) is 0.913. The monoisotopic (exact) mass is 267 g/mol. The van der Waals surface area contributed by atoms with Gasteiger partial charge in [0.1, 0.15) is 0 Å². The van der Waals surface area contributed by atoms with Gasteiger partial charge in [0.25, 0.3) is 0 Å². The highest BCUT2D eigenvalue weighted by Crippen LogP contribution is 2.36. The summed E-state index contributed by atoms with van der Waals surface area (Å²) in [6, 6.07) is 6.83. The first-order valence-electron chi connectivity index (χ1n) is 6.40. The first-order chi connectivity index (χ1) is 8.52. The van der Waals surface area contributed by atoms with Gasteiger partial charge in [0.05, 0.1) is 10.7 Å². The molecular formula is C14H22ClN3. The fraction of sp³-hybridized carbons (Fsp3) is 0.571. The van der Waals surface area contributed by atoms with Crippen LogP contribution in [0.4, 0.5) is 5.69 Å². The second kappa shape index (κ2) is 5.47. The third-order valence-electron chi connectivity index (χ3n) is 3.81. The van der Waals surface area contributed by atoms with Gasteiger partial charge >= 0.3 is 0 Å². The minimum Gasteiger partial charge on any atom is -0.376 e.